The van der Waals surface area contributed by atoms with Crippen LogP contribution in [-0.2, 0) is 11.0 Å². The molecule has 0 saturated carbocycles. The Kier molecular flexibility index (Phi) is 6.13. The summed E-state index contributed by atoms with van der Waals surface area (Å²) in [6.45, 7) is 5.06. The summed E-state index contributed by atoms with van der Waals surface area (Å²) in [5.74, 6) is -0.380. The molecule has 0 unspecified atom stereocenters. The summed E-state index contributed by atoms with van der Waals surface area (Å²) in [5, 5.41) is 6.59. The van der Waals surface area contributed by atoms with Gasteiger partial charge in [0.2, 0.25) is 5.91 Å². The molecule has 1 aromatic heterocycles. The zero-order chi connectivity index (χ0) is 22.7. The van der Waals surface area contributed by atoms with Crippen LogP contribution < -0.4 is 10.2 Å². The first-order chi connectivity index (χ1) is 15.3. The van der Waals surface area contributed by atoms with Gasteiger partial charge in [-0.15, -0.1) is 0 Å². The number of aromatic nitrogens is 3. The van der Waals surface area contributed by atoms with Gasteiger partial charge in [-0.2, -0.15) is 18.3 Å². The number of hydrogen-bond acceptors (Lipinski definition) is 5. The van der Waals surface area contributed by atoms with Crippen molar-refractivity contribution in [2.45, 2.75) is 13.1 Å². The van der Waals surface area contributed by atoms with Crippen molar-refractivity contribution in [3.63, 3.8) is 0 Å². The monoisotopic (exact) mass is 444 g/mol. The van der Waals surface area contributed by atoms with Crippen molar-refractivity contribution in [1.29, 1.82) is 0 Å². The third-order valence-corrected chi connectivity index (χ3v) is 5.46. The average molecular weight is 444 g/mol. The summed E-state index contributed by atoms with van der Waals surface area (Å²) < 4.78 is 40.9. The molecule has 0 atom stereocenters. The van der Waals surface area contributed by atoms with E-state index in [1.807, 2.05) is 17.0 Å². The first-order valence-corrected chi connectivity index (χ1v) is 10.2. The van der Waals surface area contributed by atoms with Gasteiger partial charge >= 0.3 is 6.18 Å². The van der Waals surface area contributed by atoms with E-state index in [-0.39, 0.29) is 18.1 Å². The van der Waals surface area contributed by atoms with Crippen molar-refractivity contribution in [2.24, 2.45) is 0 Å². The van der Waals surface area contributed by atoms with E-state index < -0.39 is 11.7 Å². The number of carbonyl (C=O) groups is 1. The van der Waals surface area contributed by atoms with Crippen molar-refractivity contribution >= 4 is 17.3 Å². The van der Waals surface area contributed by atoms with E-state index in [2.05, 4.69) is 39.4 Å². The fourth-order valence-electron chi connectivity index (χ4n) is 3.80. The standard InChI is InChI=1S/C22H23F3N6O/c1-16-4-2-3-5-19(16)30-10-8-29(9-11-30)13-21(32)28-18-12-17(22(23,24)25)6-7-20(18)31-15-26-14-27-31/h2-7,12,14-15H,8-11,13H2,1H3,(H,28,32). The number of aryl methyl sites for hydroxylation is 1. The van der Waals surface area contributed by atoms with Gasteiger partial charge in [0.25, 0.3) is 0 Å². The highest BCUT2D eigenvalue weighted by Gasteiger charge is 2.31. The van der Waals surface area contributed by atoms with Crippen molar-refractivity contribution < 1.29 is 18.0 Å². The molecule has 1 amide bonds. The lowest BCUT2D eigenvalue weighted by atomic mass is 10.1. The van der Waals surface area contributed by atoms with Crippen LogP contribution in [-0.4, -0.2) is 58.3 Å². The summed E-state index contributed by atoms with van der Waals surface area (Å²) >= 11 is 0. The molecule has 0 spiro atoms. The predicted octanol–water partition coefficient (Wildman–Crippen LogP) is 3.36. The number of benzene rings is 2. The Morgan fingerprint density at radius 3 is 2.47 bits per heavy atom. The molecule has 2 aromatic carbocycles. The van der Waals surface area contributed by atoms with Crippen LogP contribution in [0.5, 0.6) is 0 Å². The lowest BCUT2D eigenvalue weighted by Crippen LogP contribution is -2.48. The van der Waals surface area contributed by atoms with Gasteiger partial charge in [0.1, 0.15) is 12.7 Å². The number of nitrogens with zero attached hydrogens (tertiary/aromatic N) is 5. The second kappa shape index (κ2) is 8.99. The van der Waals surface area contributed by atoms with Gasteiger partial charge in [0.15, 0.2) is 0 Å². The highest BCUT2D eigenvalue weighted by Crippen LogP contribution is 2.33. The minimum atomic E-state index is -4.52. The van der Waals surface area contributed by atoms with Gasteiger partial charge in [-0.3, -0.25) is 9.69 Å². The fraction of sp³-hybridized carbons (Fsp3) is 0.318. The SMILES string of the molecule is Cc1ccccc1N1CCN(CC(=O)Nc2cc(C(F)(F)F)ccc2-n2cncn2)CC1. The molecule has 1 saturated heterocycles. The molecule has 2 heterocycles. The maximum atomic E-state index is 13.2. The quantitative estimate of drug-likeness (QED) is 0.654. The van der Waals surface area contributed by atoms with Gasteiger partial charge in [-0.05, 0) is 36.8 Å². The highest BCUT2D eigenvalue weighted by atomic mass is 19.4. The number of halogens is 3. The Balaban J connectivity index is 1.42. The molecular weight excluding hydrogens is 421 g/mol. The number of carbonyl (C=O) groups excluding carboxylic acids is 1. The molecule has 32 heavy (non-hydrogen) atoms. The lowest BCUT2D eigenvalue weighted by molar-refractivity contribution is -0.137. The summed E-state index contributed by atoms with van der Waals surface area (Å²) in [4.78, 5) is 20.8. The molecule has 1 N–H and O–H groups in total. The maximum absolute atomic E-state index is 13.2. The normalized spacial score (nSPS) is 15.1. The molecule has 168 valence electrons. The molecule has 3 aromatic rings. The number of piperazine rings is 1. The van der Waals surface area contributed by atoms with Crippen molar-refractivity contribution in [3.05, 3.63) is 66.2 Å². The first kappa shape index (κ1) is 21.8. The van der Waals surface area contributed by atoms with E-state index in [1.54, 1.807) is 0 Å². The molecule has 7 nitrogen and oxygen atoms in total. The van der Waals surface area contributed by atoms with Crippen LogP contribution >= 0.6 is 0 Å². The van der Waals surface area contributed by atoms with Crippen LogP contribution in [0.4, 0.5) is 24.5 Å². The molecular formula is C22H23F3N6O. The second-order valence-corrected chi connectivity index (χ2v) is 7.67. The van der Waals surface area contributed by atoms with Crippen LogP contribution in [0, 0.1) is 6.92 Å². The Morgan fingerprint density at radius 2 is 1.81 bits per heavy atom. The number of anilines is 2. The van der Waals surface area contributed by atoms with Crippen LogP contribution in [0.1, 0.15) is 11.1 Å². The third kappa shape index (κ3) is 4.91. The number of hydrogen-bond donors (Lipinski definition) is 1. The van der Waals surface area contributed by atoms with Gasteiger partial charge in [0, 0.05) is 31.9 Å². The topological polar surface area (TPSA) is 66.3 Å². The summed E-state index contributed by atoms with van der Waals surface area (Å²) in [6, 6.07) is 11.3. The number of amides is 1. The fourth-order valence-corrected chi connectivity index (χ4v) is 3.80. The Morgan fingerprint density at radius 1 is 1.06 bits per heavy atom. The Bertz CT molecular complexity index is 1080. The van der Waals surface area contributed by atoms with Crippen molar-refractivity contribution in [2.75, 3.05) is 42.9 Å². The van der Waals surface area contributed by atoms with Crippen LogP contribution in [0.2, 0.25) is 0 Å². The molecule has 0 bridgehead atoms. The third-order valence-electron chi connectivity index (χ3n) is 5.46. The molecule has 0 aliphatic carbocycles. The van der Waals surface area contributed by atoms with Gasteiger partial charge in [-0.1, -0.05) is 18.2 Å². The van der Waals surface area contributed by atoms with E-state index in [0.717, 1.165) is 25.2 Å². The molecule has 1 aliphatic rings. The smallest absolute Gasteiger partial charge is 0.369 e. The largest absolute Gasteiger partial charge is 0.416 e. The number of nitrogens with one attached hydrogen (secondary N) is 1. The molecule has 0 radical (unpaired) electrons. The lowest BCUT2D eigenvalue weighted by Gasteiger charge is -2.36. The number of rotatable bonds is 5. The number of para-hydroxylation sites is 1. The minimum Gasteiger partial charge on any atom is -0.369 e. The van der Waals surface area contributed by atoms with E-state index in [4.69, 9.17) is 0 Å². The Labute approximate surface area is 183 Å². The first-order valence-electron chi connectivity index (χ1n) is 10.2. The van der Waals surface area contributed by atoms with E-state index >= 15 is 0 Å². The van der Waals surface area contributed by atoms with Crippen LogP contribution in [0.25, 0.3) is 5.69 Å². The average Bonchev–Trinajstić information content (AvgIpc) is 3.29. The highest BCUT2D eigenvalue weighted by molar-refractivity contribution is 5.94. The van der Waals surface area contributed by atoms with E-state index in [9.17, 15) is 18.0 Å². The molecule has 1 fully saturated rings. The van der Waals surface area contributed by atoms with Crippen molar-refractivity contribution in [1.82, 2.24) is 19.7 Å². The molecule has 10 heteroatoms. The molecule has 4 rings (SSSR count). The van der Waals surface area contributed by atoms with Gasteiger partial charge in [0.05, 0.1) is 23.5 Å². The maximum Gasteiger partial charge on any atom is 0.416 e. The Hall–Kier alpha value is -3.40. The second-order valence-electron chi connectivity index (χ2n) is 7.67. The van der Waals surface area contributed by atoms with Gasteiger partial charge in [-0.25, -0.2) is 9.67 Å². The molecule has 1 aliphatic heterocycles. The predicted molar refractivity (Wildman–Crippen MR) is 115 cm³/mol. The van der Waals surface area contributed by atoms with Crippen LogP contribution in [0.15, 0.2) is 55.1 Å². The number of alkyl halides is 3. The summed E-state index contributed by atoms with van der Waals surface area (Å²) in [6.07, 6.45) is -1.88. The van der Waals surface area contributed by atoms with Crippen LogP contribution in [0.3, 0.4) is 0 Å². The van der Waals surface area contributed by atoms with Gasteiger partial charge < -0.3 is 10.2 Å². The van der Waals surface area contributed by atoms with E-state index in [0.29, 0.717) is 18.8 Å². The minimum absolute atomic E-state index is 0.0360. The summed E-state index contributed by atoms with van der Waals surface area (Å²) in [5.41, 5.74) is 1.88. The zero-order valence-corrected chi connectivity index (χ0v) is 17.5. The zero-order valence-electron chi connectivity index (χ0n) is 17.5. The van der Waals surface area contributed by atoms with Crippen molar-refractivity contribution in [3.8, 4) is 5.69 Å². The van der Waals surface area contributed by atoms with E-state index in [1.165, 1.54) is 34.7 Å². The summed E-state index contributed by atoms with van der Waals surface area (Å²) in [7, 11) is 0.